The van der Waals surface area contributed by atoms with Crippen LogP contribution < -0.4 is 9.64 Å². The van der Waals surface area contributed by atoms with Gasteiger partial charge in [-0.2, -0.15) is 13.2 Å². The number of ether oxygens (including phenoxy) is 1. The maximum atomic E-state index is 12.5. The van der Waals surface area contributed by atoms with Gasteiger partial charge in [0, 0.05) is 50.6 Å². The Hall–Kier alpha value is -2.38. The van der Waals surface area contributed by atoms with Gasteiger partial charge < -0.3 is 9.64 Å². The van der Waals surface area contributed by atoms with Crippen LogP contribution in [0.25, 0.3) is 0 Å². The number of rotatable bonds is 3. The molecule has 1 aliphatic heterocycles. The third-order valence-electron chi connectivity index (χ3n) is 3.67. The van der Waals surface area contributed by atoms with Crippen LogP contribution in [-0.2, 0) is 6.18 Å². The zero-order valence-electron chi connectivity index (χ0n) is 12.2. The first-order valence-corrected chi connectivity index (χ1v) is 7.23. The Morgan fingerprint density at radius 3 is 2.39 bits per heavy atom. The number of piperidine rings is 1. The lowest BCUT2D eigenvalue weighted by molar-refractivity contribution is -0.137. The highest BCUT2D eigenvalue weighted by Gasteiger charge is 2.31. The molecule has 5 nitrogen and oxygen atoms in total. The number of aromatic nitrogens is 3. The Morgan fingerprint density at radius 2 is 1.83 bits per heavy atom. The maximum Gasteiger partial charge on any atom is 0.417 e. The molecule has 0 spiro atoms. The molecule has 2 aromatic rings. The van der Waals surface area contributed by atoms with E-state index in [0.717, 1.165) is 44.0 Å². The summed E-state index contributed by atoms with van der Waals surface area (Å²) in [5, 5.41) is 0. The molecule has 0 aromatic carbocycles. The SMILES string of the molecule is FC(F)(F)c1ccc(OC2CCN(c3cnccn3)CC2)nc1. The number of pyridine rings is 1. The van der Waals surface area contributed by atoms with Crippen molar-refractivity contribution in [3.63, 3.8) is 0 Å². The van der Waals surface area contributed by atoms with Crippen LogP contribution in [0.15, 0.2) is 36.9 Å². The molecule has 122 valence electrons. The van der Waals surface area contributed by atoms with Crippen molar-refractivity contribution in [3.8, 4) is 5.88 Å². The van der Waals surface area contributed by atoms with Crippen LogP contribution in [-0.4, -0.2) is 34.1 Å². The fourth-order valence-electron chi connectivity index (χ4n) is 2.45. The molecule has 1 aliphatic rings. The normalized spacial score (nSPS) is 16.4. The van der Waals surface area contributed by atoms with Crippen molar-refractivity contribution < 1.29 is 17.9 Å². The molecule has 23 heavy (non-hydrogen) atoms. The van der Waals surface area contributed by atoms with Gasteiger partial charge in [0.1, 0.15) is 11.9 Å². The van der Waals surface area contributed by atoms with Crippen molar-refractivity contribution in [1.82, 2.24) is 15.0 Å². The molecule has 3 rings (SSSR count). The molecule has 0 bridgehead atoms. The van der Waals surface area contributed by atoms with Crippen LogP contribution in [0.4, 0.5) is 19.0 Å². The summed E-state index contributed by atoms with van der Waals surface area (Å²) in [5.41, 5.74) is -0.776. The number of halogens is 3. The lowest BCUT2D eigenvalue weighted by Gasteiger charge is -2.32. The van der Waals surface area contributed by atoms with Crippen molar-refractivity contribution in [3.05, 3.63) is 42.5 Å². The summed E-state index contributed by atoms with van der Waals surface area (Å²) >= 11 is 0. The predicted octanol–water partition coefficient (Wildman–Crippen LogP) is 2.94. The average Bonchev–Trinajstić information content (AvgIpc) is 2.56. The largest absolute Gasteiger partial charge is 0.474 e. The number of anilines is 1. The number of alkyl halides is 3. The Balaban J connectivity index is 1.55. The van der Waals surface area contributed by atoms with Crippen molar-refractivity contribution in [2.45, 2.75) is 25.1 Å². The van der Waals surface area contributed by atoms with Gasteiger partial charge in [-0.3, -0.25) is 4.98 Å². The summed E-state index contributed by atoms with van der Waals surface area (Å²) in [6.45, 7) is 1.51. The minimum absolute atomic E-state index is 0.0628. The second-order valence-electron chi connectivity index (χ2n) is 5.25. The van der Waals surface area contributed by atoms with Gasteiger partial charge in [0.25, 0.3) is 0 Å². The van der Waals surface area contributed by atoms with Crippen molar-refractivity contribution in [2.75, 3.05) is 18.0 Å². The highest BCUT2D eigenvalue weighted by molar-refractivity contribution is 5.35. The van der Waals surface area contributed by atoms with Gasteiger partial charge in [0.2, 0.25) is 5.88 Å². The van der Waals surface area contributed by atoms with Gasteiger partial charge in [0.05, 0.1) is 11.8 Å². The fourth-order valence-corrected chi connectivity index (χ4v) is 2.45. The lowest BCUT2D eigenvalue weighted by Crippen LogP contribution is -2.38. The van der Waals surface area contributed by atoms with Crippen LogP contribution in [0, 0.1) is 0 Å². The monoisotopic (exact) mass is 324 g/mol. The van der Waals surface area contributed by atoms with Gasteiger partial charge in [-0.1, -0.05) is 0 Å². The molecule has 2 aromatic heterocycles. The quantitative estimate of drug-likeness (QED) is 0.869. The maximum absolute atomic E-state index is 12.5. The summed E-state index contributed by atoms with van der Waals surface area (Å²) in [6, 6.07) is 2.24. The molecule has 0 radical (unpaired) electrons. The van der Waals surface area contributed by atoms with E-state index < -0.39 is 11.7 Å². The van der Waals surface area contributed by atoms with Crippen molar-refractivity contribution in [1.29, 1.82) is 0 Å². The molecule has 0 atom stereocenters. The second kappa shape index (κ2) is 6.39. The molecule has 0 amide bonds. The van der Waals surface area contributed by atoms with Crippen LogP contribution in [0.5, 0.6) is 5.88 Å². The molecule has 0 saturated carbocycles. The molecule has 8 heteroatoms. The summed E-state index contributed by atoms with van der Waals surface area (Å²) in [7, 11) is 0. The number of nitrogens with zero attached hydrogens (tertiary/aromatic N) is 4. The summed E-state index contributed by atoms with van der Waals surface area (Å²) in [5.74, 6) is 1.04. The summed E-state index contributed by atoms with van der Waals surface area (Å²) in [4.78, 5) is 14.1. The molecular weight excluding hydrogens is 309 g/mol. The Morgan fingerprint density at radius 1 is 1.04 bits per heavy atom. The average molecular weight is 324 g/mol. The van der Waals surface area contributed by atoms with Crippen LogP contribution in [0.1, 0.15) is 18.4 Å². The Bertz CT molecular complexity index is 625. The first-order chi connectivity index (χ1) is 11.0. The van der Waals surface area contributed by atoms with Gasteiger partial charge >= 0.3 is 6.18 Å². The second-order valence-corrected chi connectivity index (χ2v) is 5.25. The third-order valence-corrected chi connectivity index (χ3v) is 3.67. The molecular formula is C15H15F3N4O. The third kappa shape index (κ3) is 3.88. The van der Waals surface area contributed by atoms with E-state index in [4.69, 9.17) is 4.74 Å². The number of hydrogen-bond donors (Lipinski definition) is 0. The number of hydrogen-bond acceptors (Lipinski definition) is 5. The van der Waals surface area contributed by atoms with E-state index in [2.05, 4.69) is 19.9 Å². The van der Waals surface area contributed by atoms with Crippen molar-refractivity contribution in [2.24, 2.45) is 0 Å². The van der Waals surface area contributed by atoms with Gasteiger partial charge in [0.15, 0.2) is 0 Å². The zero-order valence-corrected chi connectivity index (χ0v) is 12.2. The van der Waals surface area contributed by atoms with Crippen LogP contribution >= 0.6 is 0 Å². The van der Waals surface area contributed by atoms with E-state index >= 15 is 0 Å². The Labute approximate surface area is 131 Å². The van der Waals surface area contributed by atoms with Gasteiger partial charge in [-0.15, -0.1) is 0 Å². The van der Waals surface area contributed by atoms with Crippen LogP contribution in [0.3, 0.4) is 0 Å². The first kappa shape index (κ1) is 15.5. The molecule has 1 saturated heterocycles. The van der Waals surface area contributed by atoms with E-state index in [-0.39, 0.29) is 12.0 Å². The molecule has 1 fully saturated rings. The van der Waals surface area contributed by atoms with Crippen LogP contribution in [0.2, 0.25) is 0 Å². The van der Waals surface area contributed by atoms with E-state index in [1.165, 1.54) is 6.07 Å². The summed E-state index contributed by atoms with van der Waals surface area (Å²) in [6.07, 6.45) is 2.82. The minimum atomic E-state index is -4.38. The molecule has 0 aliphatic carbocycles. The van der Waals surface area contributed by atoms with E-state index in [9.17, 15) is 13.2 Å². The van der Waals surface area contributed by atoms with E-state index in [1.54, 1.807) is 18.6 Å². The Kier molecular flexibility index (Phi) is 4.31. The summed E-state index contributed by atoms with van der Waals surface area (Å²) < 4.78 is 43.1. The smallest absolute Gasteiger partial charge is 0.417 e. The van der Waals surface area contributed by atoms with E-state index in [1.807, 2.05) is 0 Å². The molecule has 0 unspecified atom stereocenters. The predicted molar refractivity (Wildman–Crippen MR) is 77.1 cm³/mol. The van der Waals surface area contributed by atoms with Crippen molar-refractivity contribution >= 4 is 5.82 Å². The standard InChI is InChI=1S/C15H15F3N4O/c16-15(17,18)11-1-2-14(21-9-11)23-12-3-7-22(8-4-12)13-10-19-5-6-20-13/h1-2,5-6,9-10,12H,3-4,7-8H2. The first-order valence-electron chi connectivity index (χ1n) is 7.23. The zero-order chi connectivity index (χ0) is 16.3. The lowest BCUT2D eigenvalue weighted by atomic mass is 10.1. The molecule has 0 N–H and O–H groups in total. The van der Waals surface area contributed by atoms with Gasteiger partial charge in [-0.05, 0) is 6.07 Å². The topological polar surface area (TPSA) is 51.1 Å². The fraction of sp³-hybridized carbons (Fsp3) is 0.400. The molecule has 3 heterocycles. The highest BCUT2D eigenvalue weighted by atomic mass is 19.4. The van der Waals surface area contributed by atoms with Gasteiger partial charge in [-0.25, -0.2) is 9.97 Å². The minimum Gasteiger partial charge on any atom is -0.474 e. The highest BCUT2D eigenvalue weighted by Crippen LogP contribution is 2.29. The van der Waals surface area contributed by atoms with E-state index in [0.29, 0.717) is 0 Å².